The van der Waals surface area contributed by atoms with Crippen molar-refractivity contribution < 1.29 is 0 Å². The average Bonchev–Trinajstić information content (AvgIpc) is 2.39. The minimum atomic E-state index is 0.572. The molecule has 0 saturated heterocycles. The van der Waals surface area contributed by atoms with Crippen LogP contribution in [0.15, 0.2) is 42.6 Å². The Morgan fingerprint density at radius 3 is 2.44 bits per heavy atom. The van der Waals surface area contributed by atoms with Crippen molar-refractivity contribution in [2.45, 2.75) is 26.3 Å². The summed E-state index contributed by atoms with van der Waals surface area (Å²) in [4.78, 5) is 4.44. The minimum absolute atomic E-state index is 0.572. The van der Waals surface area contributed by atoms with E-state index in [0.29, 0.717) is 5.92 Å². The number of nitrogens with zero attached hydrogens (tertiary/aromatic N) is 1. The molecule has 1 aromatic heterocycles. The Kier molecular flexibility index (Phi) is 4.11. The molecule has 0 fully saturated rings. The van der Waals surface area contributed by atoms with Gasteiger partial charge in [-0.05, 0) is 36.2 Å². The van der Waals surface area contributed by atoms with Gasteiger partial charge in [-0.3, -0.25) is 4.98 Å². The predicted octanol–water partition coefficient (Wildman–Crippen LogP) is 3.59. The number of hydrogen-bond donors (Lipinski definition) is 1. The second-order valence-corrected chi connectivity index (χ2v) is 4.86. The van der Waals surface area contributed by atoms with Gasteiger partial charge in [0.2, 0.25) is 0 Å². The third-order valence-corrected chi connectivity index (χ3v) is 3.08. The highest BCUT2D eigenvalue weighted by molar-refractivity contribution is 5.60. The lowest BCUT2D eigenvalue weighted by molar-refractivity contribution is 0.816. The van der Waals surface area contributed by atoms with Crippen molar-refractivity contribution in [2.75, 3.05) is 7.05 Å². The van der Waals surface area contributed by atoms with Crippen molar-refractivity contribution in [3.63, 3.8) is 0 Å². The molecule has 2 aromatic rings. The molecule has 2 heteroatoms. The molecule has 94 valence electrons. The topological polar surface area (TPSA) is 24.9 Å². The molecule has 0 amide bonds. The molecule has 0 bridgehead atoms. The normalized spacial score (nSPS) is 10.9. The minimum Gasteiger partial charge on any atom is -0.316 e. The first-order chi connectivity index (χ1) is 8.70. The molecule has 0 saturated carbocycles. The van der Waals surface area contributed by atoms with Crippen LogP contribution in [0.3, 0.4) is 0 Å². The van der Waals surface area contributed by atoms with Crippen LogP contribution in [0.4, 0.5) is 0 Å². The number of benzene rings is 1. The van der Waals surface area contributed by atoms with Gasteiger partial charge in [0.15, 0.2) is 0 Å². The van der Waals surface area contributed by atoms with Crippen LogP contribution in [0, 0.1) is 0 Å². The molecule has 1 aromatic carbocycles. The zero-order valence-electron chi connectivity index (χ0n) is 11.3. The summed E-state index contributed by atoms with van der Waals surface area (Å²) in [6.07, 6.45) is 1.87. The van der Waals surface area contributed by atoms with Crippen LogP contribution in [0.25, 0.3) is 11.3 Å². The summed E-state index contributed by atoms with van der Waals surface area (Å²) in [6.45, 7) is 5.29. The second-order valence-electron chi connectivity index (χ2n) is 4.86. The van der Waals surface area contributed by atoms with Crippen LogP contribution in [-0.2, 0) is 6.54 Å². The number of rotatable bonds is 4. The van der Waals surface area contributed by atoms with E-state index in [1.807, 2.05) is 19.3 Å². The molecule has 0 unspecified atom stereocenters. The van der Waals surface area contributed by atoms with Crippen LogP contribution in [-0.4, -0.2) is 12.0 Å². The van der Waals surface area contributed by atoms with Gasteiger partial charge in [-0.15, -0.1) is 0 Å². The quantitative estimate of drug-likeness (QED) is 0.883. The summed E-state index contributed by atoms with van der Waals surface area (Å²) in [7, 11) is 1.96. The molecule has 18 heavy (non-hydrogen) atoms. The van der Waals surface area contributed by atoms with Gasteiger partial charge in [0.05, 0.1) is 5.69 Å². The highest BCUT2D eigenvalue weighted by atomic mass is 14.8. The van der Waals surface area contributed by atoms with Crippen LogP contribution in [0.1, 0.15) is 30.9 Å². The van der Waals surface area contributed by atoms with Gasteiger partial charge in [-0.2, -0.15) is 0 Å². The number of aromatic nitrogens is 1. The fraction of sp³-hybridized carbons (Fsp3) is 0.312. The van der Waals surface area contributed by atoms with Gasteiger partial charge in [0.1, 0.15) is 0 Å². The molecular weight excluding hydrogens is 220 g/mol. The van der Waals surface area contributed by atoms with Crippen molar-refractivity contribution in [3.05, 3.63) is 53.7 Å². The summed E-state index contributed by atoms with van der Waals surface area (Å²) in [6, 6.07) is 12.9. The predicted molar refractivity (Wildman–Crippen MR) is 76.5 cm³/mol. The lowest BCUT2D eigenvalue weighted by Gasteiger charge is -2.07. The summed E-state index contributed by atoms with van der Waals surface area (Å²) in [5.74, 6) is 0.572. The summed E-state index contributed by atoms with van der Waals surface area (Å²) < 4.78 is 0. The average molecular weight is 240 g/mol. The van der Waals surface area contributed by atoms with E-state index in [-0.39, 0.29) is 0 Å². The third kappa shape index (κ3) is 2.96. The van der Waals surface area contributed by atoms with E-state index in [9.17, 15) is 0 Å². The van der Waals surface area contributed by atoms with Gasteiger partial charge in [0, 0.05) is 18.3 Å². The maximum atomic E-state index is 4.44. The Balaban J connectivity index is 2.27. The maximum absolute atomic E-state index is 4.44. The van der Waals surface area contributed by atoms with E-state index in [2.05, 4.69) is 54.5 Å². The molecule has 0 spiro atoms. The Labute approximate surface area is 109 Å². The van der Waals surface area contributed by atoms with E-state index >= 15 is 0 Å². The van der Waals surface area contributed by atoms with E-state index in [1.54, 1.807) is 0 Å². The lowest BCUT2D eigenvalue weighted by atomic mass is 10.0. The SMILES string of the molecule is CNCc1ccnc(-c2ccc(C(C)C)cc2)c1. The molecule has 0 atom stereocenters. The Bertz CT molecular complexity index is 501. The third-order valence-electron chi connectivity index (χ3n) is 3.08. The first-order valence-electron chi connectivity index (χ1n) is 6.40. The molecule has 0 aliphatic rings. The molecule has 0 aliphatic heterocycles. The number of hydrogen-bond acceptors (Lipinski definition) is 2. The van der Waals surface area contributed by atoms with Crippen molar-refractivity contribution in [1.82, 2.24) is 10.3 Å². The van der Waals surface area contributed by atoms with Crippen molar-refractivity contribution in [1.29, 1.82) is 0 Å². The molecule has 2 rings (SSSR count). The highest BCUT2D eigenvalue weighted by Gasteiger charge is 2.02. The van der Waals surface area contributed by atoms with E-state index in [0.717, 1.165) is 12.2 Å². The molecule has 2 nitrogen and oxygen atoms in total. The Morgan fingerprint density at radius 1 is 1.11 bits per heavy atom. The summed E-state index contributed by atoms with van der Waals surface area (Å²) >= 11 is 0. The number of pyridine rings is 1. The first-order valence-corrected chi connectivity index (χ1v) is 6.40. The monoisotopic (exact) mass is 240 g/mol. The molecule has 1 N–H and O–H groups in total. The summed E-state index contributed by atoms with van der Waals surface area (Å²) in [5.41, 5.74) is 4.84. The highest BCUT2D eigenvalue weighted by Crippen LogP contribution is 2.21. The fourth-order valence-electron chi connectivity index (χ4n) is 1.99. The first kappa shape index (κ1) is 12.8. The van der Waals surface area contributed by atoms with Gasteiger partial charge in [-0.1, -0.05) is 38.1 Å². The van der Waals surface area contributed by atoms with Crippen molar-refractivity contribution >= 4 is 0 Å². The van der Waals surface area contributed by atoms with Gasteiger partial charge in [0.25, 0.3) is 0 Å². The van der Waals surface area contributed by atoms with Gasteiger partial charge in [-0.25, -0.2) is 0 Å². The largest absolute Gasteiger partial charge is 0.316 e. The van der Waals surface area contributed by atoms with E-state index in [4.69, 9.17) is 0 Å². The van der Waals surface area contributed by atoms with Gasteiger partial charge < -0.3 is 5.32 Å². The fourth-order valence-corrected chi connectivity index (χ4v) is 1.99. The molecular formula is C16H20N2. The van der Waals surface area contributed by atoms with Crippen molar-refractivity contribution in [2.24, 2.45) is 0 Å². The standard InChI is InChI=1S/C16H20N2/c1-12(2)14-4-6-15(7-5-14)16-10-13(11-17-3)8-9-18-16/h4-10,12,17H,11H2,1-3H3. The van der Waals surface area contributed by atoms with E-state index < -0.39 is 0 Å². The Morgan fingerprint density at radius 2 is 1.83 bits per heavy atom. The van der Waals surface area contributed by atoms with Crippen LogP contribution < -0.4 is 5.32 Å². The molecule has 0 radical (unpaired) electrons. The molecule has 0 aliphatic carbocycles. The lowest BCUT2D eigenvalue weighted by Crippen LogP contribution is -2.05. The molecule has 1 heterocycles. The Hall–Kier alpha value is -1.67. The van der Waals surface area contributed by atoms with Gasteiger partial charge >= 0.3 is 0 Å². The van der Waals surface area contributed by atoms with Crippen LogP contribution >= 0.6 is 0 Å². The maximum Gasteiger partial charge on any atom is 0.0705 e. The van der Waals surface area contributed by atoms with E-state index in [1.165, 1.54) is 16.7 Å². The zero-order valence-corrected chi connectivity index (χ0v) is 11.3. The smallest absolute Gasteiger partial charge is 0.0705 e. The second kappa shape index (κ2) is 5.78. The summed E-state index contributed by atoms with van der Waals surface area (Å²) in [5, 5.41) is 3.16. The van der Waals surface area contributed by atoms with Crippen LogP contribution in [0.2, 0.25) is 0 Å². The number of nitrogens with one attached hydrogen (secondary N) is 1. The van der Waals surface area contributed by atoms with Crippen LogP contribution in [0.5, 0.6) is 0 Å². The van der Waals surface area contributed by atoms with Crippen molar-refractivity contribution in [3.8, 4) is 11.3 Å². The zero-order chi connectivity index (χ0) is 13.0.